The first-order valence-corrected chi connectivity index (χ1v) is 7.17. The average molecular weight is 295 g/mol. The molecule has 0 radical (unpaired) electrons. The molecule has 1 heterocycles. The van der Waals surface area contributed by atoms with Gasteiger partial charge in [-0.1, -0.05) is 15.9 Å². The van der Waals surface area contributed by atoms with Crippen molar-refractivity contribution in [1.82, 2.24) is 0 Å². The molecule has 16 heavy (non-hydrogen) atoms. The Balaban J connectivity index is 2.27. The molecule has 1 saturated heterocycles. The van der Waals surface area contributed by atoms with Gasteiger partial charge in [-0.3, -0.25) is 0 Å². The minimum absolute atomic E-state index is 0.179. The van der Waals surface area contributed by atoms with Gasteiger partial charge in [0, 0.05) is 30.6 Å². The first-order chi connectivity index (χ1) is 7.72. The highest BCUT2D eigenvalue weighted by Gasteiger charge is 2.32. The number of hydrogen-bond acceptors (Lipinski definition) is 3. The largest absolute Gasteiger partial charge is 0.381 e. The maximum Gasteiger partial charge on any atom is 0.0780 e. The Hall–Kier alpha value is 0.360. The van der Waals surface area contributed by atoms with E-state index in [9.17, 15) is 0 Å². The van der Waals surface area contributed by atoms with Crippen LogP contribution in [0.4, 0.5) is 0 Å². The van der Waals surface area contributed by atoms with Crippen LogP contribution in [-0.4, -0.2) is 44.5 Å². The summed E-state index contributed by atoms with van der Waals surface area (Å²) < 4.78 is 16.6. The first-order valence-electron chi connectivity index (χ1n) is 6.05. The Bertz CT molecular complexity index is 181. The van der Waals surface area contributed by atoms with Gasteiger partial charge in [0.15, 0.2) is 0 Å². The summed E-state index contributed by atoms with van der Waals surface area (Å²) >= 11 is 3.60. The Kier molecular flexibility index (Phi) is 6.89. The fourth-order valence-electron chi connectivity index (χ4n) is 1.77. The zero-order valence-electron chi connectivity index (χ0n) is 10.3. The van der Waals surface area contributed by atoms with Gasteiger partial charge in [0.25, 0.3) is 0 Å². The van der Waals surface area contributed by atoms with E-state index in [2.05, 4.69) is 22.9 Å². The zero-order valence-corrected chi connectivity index (χ0v) is 11.9. The molecular weight excluding hydrogens is 272 g/mol. The van der Waals surface area contributed by atoms with Gasteiger partial charge in [0.05, 0.1) is 19.3 Å². The van der Waals surface area contributed by atoms with Crippen molar-refractivity contribution in [3.8, 4) is 0 Å². The normalized spacial score (nSPS) is 21.9. The van der Waals surface area contributed by atoms with Crippen molar-refractivity contribution in [1.29, 1.82) is 0 Å². The van der Waals surface area contributed by atoms with Crippen molar-refractivity contribution in [2.24, 2.45) is 5.41 Å². The molecule has 1 atom stereocenters. The van der Waals surface area contributed by atoms with Crippen LogP contribution in [0.25, 0.3) is 0 Å². The summed E-state index contributed by atoms with van der Waals surface area (Å²) in [5.41, 5.74) is 0.263. The number of ether oxygens (including phenoxy) is 3. The van der Waals surface area contributed by atoms with Crippen molar-refractivity contribution in [3.05, 3.63) is 0 Å². The highest BCUT2D eigenvalue weighted by atomic mass is 79.9. The highest BCUT2D eigenvalue weighted by Crippen LogP contribution is 2.33. The molecule has 0 aliphatic carbocycles. The van der Waals surface area contributed by atoms with E-state index in [0.29, 0.717) is 6.61 Å². The van der Waals surface area contributed by atoms with Crippen LogP contribution in [0.1, 0.15) is 26.7 Å². The van der Waals surface area contributed by atoms with E-state index in [1.54, 1.807) is 0 Å². The molecule has 0 spiro atoms. The number of hydrogen-bond donors (Lipinski definition) is 0. The third-order valence-electron chi connectivity index (χ3n) is 3.07. The van der Waals surface area contributed by atoms with E-state index >= 15 is 0 Å². The van der Waals surface area contributed by atoms with Crippen LogP contribution in [0.2, 0.25) is 0 Å². The molecule has 1 fully saturated rings. The predicted octanol–water partition coefficient (Wildman–Crippen LogP) is 2.62. The average Bonchev–Trinajstić information content (AvgIpc) is 2.35. The summed E-state index contributed by atoms with van der Waals surface area (Å²) in [4.78, 5) is 0. The lowest BCUT2D eigenvalue weighted by Crippen LogP contribution is -2.37. The Morgan fingerprint density at radius 1 is 1.38 bits per heavy atom. The zero-order chi connectivity index (χ0) is 11.9. The Labute approximate surface area is 107 Å². The van der Waals surface area contributed by atoms with Gasteiger partial charge >= 0.3 is 0 Å². The van der Waals surface area contributed by atoms with Crippen LogP contribution in [0.3, 0.4) is 0 Å². The van der Waals surface area contributed by atoms with Gasteiger partial charge in [0.1, 0.15) is 0 Å². The molecule has 1 unspecified atom stereocenters. The van der Waals surface area contributed by atoms with E-state index in [4.69, 9.17) is 14.2 Å². The number of halogens is 1. The van der Waals surface area contributed by atoms with Crippen LogP contribution in [0.5, 0.6) is 0 Å². The summed E-state index contributed by atoms with van der Waals surface area (Å²) in [6.45, 7) is 8.03. The SMILES string of the molecule is CCOCC(C)OCC1(CBr)CCOCC1. The van der Waals surface area contributed by atoms with Gasteiger partial charge in [-0.25, -0.2) is 0 Å². The molecule has 0 aromatic heterocycles. The second kappa shape index (κ2) is 7.64. The van der Waals surface area contributed by atoms with E-state index in [1.807, 2.05) is 6.92 Å². The third-order valence-corrected chi connectivity index (χ3v) is 4.26. The van der Waals surface area contributed by atoms with E-state index < -0.39 is 0 Å². The monoisotopic (exact) mass is 294 g/mol. The molecule has 1 rings (SSSR count). The second-order valence-corrected chi connectivity index (χ2v) is 5.09. The maximum atomic E-state index is 5.87. The fourth-order valence-corrected chi connectivity index (χ4v) is 2.49. The molecular formula is C12H23BrO3. The molecule has 0 bridgehead atoms. The topological polar surface area (TPSA) is 27.7 Å². The molecule has 1 aliphatic heterocycles. The maximum absolute atomic E-state index is 5.87. The molecule has 0 saturated carbocycles. The summed E-state index contributed by atoms with van der Waals surface area (Å²) in [5, 5.41) is 0.991. The van der Waals surface area contributed by atoms with Crippen LogP contribution in [0, 0.1) is 5.41 Å². The van der Waals surface area contributed by atoms with E-state index in [-0.39, 0.29) is 11.5 Å². The van der Waals surface area contributed by atoms with Crippen LogP contribution >= 0.6 is 15.9 Å². The van der Waals surface area contributed by atoms with Crippen molar-refractivity contribution in [2.45, 2.75) is 32.8 Å². The fraction of sp³-hybridized carbons (Fsp3) is 1.00. The molecule has 4 heteroatoms. The molecule has 0 aromatic rings. The number of rotatable bonds is 7. The minimum Gasteiger partial charge on any atom is -0.381 e. The second-order valence-electron chi connectivity index (χ2n) is 4.53. The van der Waals surface area contributed by atoms with Crippen molar-refractivity contribution >= 4 is 15.9 Å². The quantitative estimate of drug-likeness (QED) is 0.676. The van der Waals surface area contributed by atoms with Gasteiger partial charge in [-0.15, -0.1) is 0 Å². The molecule has 0 N–H and O–H groups in total. The van der Waals surface area contributed by atoms with Crippen molar-refractivity contribution < 1.29 is 14.2 Å². The van der Waals surface area contributed by atoms with Gasteiger partial charge in [0.2, 0.25) is 0 Å². The lowest BCUT2D eigenvalue weighted by atomic mass is 9.83. The van der Waals surface area contributed by atoms with Crippen LogP contribution in [-0.2, 0) is 14.2 Å². The van der Waals surface area contributed by atoms with Crippen molar-refractivity contribution in [3.63, 3.8) is 0 Å². The summed E-state index contributed by atoms with van der Waals surface area (Å²) in [5.74, 6) is 0. The third kappa shape index (κ3) is 4.70. The summed E-state index contributed by atoms with van der Waals surface area (Å²) in [6, 6.07) is 0. The first kappa shape index (κ1) is 14.4. The standard InChI is InChI=1S/C12H23BrO3/c1-3-14-8-11(2)16-10-12(9-13)4-6-15-7-5-12/h11H,3-10H2,1-2H3. The predicted molar refractivity (Wildman–Crippen MR) is 68.2 cm³/mol. The van der Waals surface area contributed by atoms with Crippen molar-refractivity contribution in [2.75, 3.05) is 38.4 Å². The Morgan fingerprint density at radius 2 is 2.06 bits per heavy atom. The summed E-state index contributed by atoms with van der Waals surface area (Å²) in [6.07, 6.45) is 2.35. The molecule has 0 aromatic carbocycles. The minimum atomic E-state index is 0.179. The highest BCUT2D eigenvalue weighted by molar-refractivity contribution is 9.09. The van der Waals surface area contributed by atoms with Gasteiger partial charge < -0.3 is 14.2 Å². The van der Waals surface area contributed by atoms with Gasteiger partial charge in [-0.05, 0) is 26.7 Å². The van der Waals surface area contributed by atoms with E-state index in [0.717, 1.165) is 44.6 Å². The van der Waals surface area contributed by atoms with Crippen LogP contribution < -0.4 is 0 Å². The lowest BCUT2D eigenvalue weighted by molar-refractivity contribution is -0.0674. The van der Waals surface area contributed by atoms with E-state index in [1.165, 1.54) is 0 Å². The van der Waals surface area contributed by atoms with Crippen LogP contribution in [0.15, 0.2) is 0 Å². The summed E-state index contributed by atoms with van der Waals surface area (Å²) in [7, 11) is 0. The Morgan fingerprint density at radius 3 is 2.62 bits per heavy atom. The molecule has 3 nitrogen and oxygen atoms in total. The van der Waals surface area contributed by atoms with Gasteiger partial charge in [-0.2, -0.15) is 0 Å². The lowest BCUT2D eigenvalue weighted by Gasteiger charge is -2.36. The number of alkyl halides is 1. The smallest absolute Gasteiger partial charge is 0.0780 e. The molecule has 0 amide bonds. The molecule has 96 valence electrons. The molecule has 1 aliphatic rings.